The molecule has 0 aromatic heterocycles. The first-order valence-electron chi connectivity index (χ1n) is 9.77. The van der Waals surface area contributed by atoms with Crippen LogP contribution in [0.4, 0.5) is 0 Å². The summed E-state index contributed by atoms with van der Waals surface area (Å²) in [5, 5.41) is 3.80. The predicted octanol–water partition coefficient (Wildman–Crippen LogP) is 5.43. The van der Waals surface area contributed by atoms with E-state index in [1.807, 2.05) is 0 Å². The minimum Gasteiger partial charge on any atom is -0.314 e. The van der Waals surface area contributed by atoms with E-state index in [0.717, 1.165) is 13.0 Å². The lowest BCUT2D eigenvalue weighted by atomic mass is 9.81. The van der Waals surface area contributed by atoms with E-state index in [9.17, 15) is 0 Å². The number of hydrogen-bond donors (Lipinski definition) is 1. The summed E-state index contributed by atoms with van der Waals surface area (Å²) in [5.41, 5.74) is 4.30. The van der Waals surface area contributed by atoms with Crippen LogP contribution < -0.4 is 5.32 Å². The minimum absolute atomic E-state index is 0.450. The Morgan fingerprint density at radius 1 is 0.731 bits per heavy atom. The van der Waals surface area contributed by atoms with Gasteiger partial charge >= 0.3 is 0 Å². The number of hydrogen-bond acceptors (Lipinski definition) is 1. The fourth-order valence-corrected chi connectivity index (χ4v) is 4.35. The summed E-state index contributed by atoms with van der Waals surface area (Å²) < 4.78 is 0. The zero-order valence-electron chi connectivity index (χ0n) is 15.2. The molecule has 1 fully saturated rings. The molecule has 26 heavy (non-hydrogen) atoms. The van der Waals surface area contributed by atoms with Crippen molar-refractivity contribution in [2.24, 2.45) is 5.92 Å². The summed E-state index contributed by atoms with van der Waals surface area (Å²) in [6.45, 7) is 1.14. The molecule has 4 rings (SSSR count). The Hall–Kier alpha value is -2.38. The predicted molar refractivity (Wildman–Crippen MR) is 109 cm³/mol. The first-order valence-corrected chi connectivity index (χ1v) is 9.77. The molecule has 1 heteroatoms. The van der Waals surface area contributed by atoms with Gasteiger partial charge in [0.1, 0.15) is 0 Å². The summed E-state index contributed by atoms with van der Waals surface area (Å²) >= 11 is 0. The third-order valence-electron chi connectivity index (χ3n) is 5.72. The first-order chi connectivity index (χ1) is 12.9. The molecule has 1 aliphatic rings. The third kappa shape index (κ3) is 4.05. The Bertz CT molecular complexity index is 743. The van der Waals surface area contributed by atoms with E-state index in [4.69, 9.17) is 0 Å². The normalized spacial score (nSPS) is 19.7. The Balaban J connectivity index is 1.55. The maximum atomic E-state index is 3.80. The highest BCUT2D eigenvalue weighted by Crippen LogP contribution is 2.34. The van der Waals surface area contributed by atoms with E-state index in [-0.39, 0.29) is 0 Å². The highest BCUT2D eigenvalue weighted by molar-refractivity contribution is 5.32. The van der Waals surface area contributed by atoms with Gasteiger partial charge < -0.3 is 5.32 Å². The fraction of sp³-hybridized carbons (Fsp3) is 0.280. The largest absolute Gasteiger partial charge is 0.314 e. The molecule has 1 heterocycles. The topological polar surface area (TPSA) is 12.0 Å². The maximum Gasteiger partial charge on any atom is 0.0108 e. The summed E-state index contributed by atoms with van der Waals surface area (Å²) in [5.74, 6) is 1.17. The van der Waals surface area contributed by atoms with Crippen LogP contribution in [-0.4, -0.2) is 12.6 Å². The Morgan fingerprint density at radius 3 is 1.85 bits per heavy atom. The average molecular weight is 341 g/mol. The van der Waals surface area contributed by atoms with Gasteiger partial charge in [0.25, 0.3) is 0 Å². The van der Waals surface area contributed by atoms with E-state index in [0.29, 0.717) is 17.9 Å². The van der Waals surface area contributed by atoms with Crippen LogP contribution in [0.5, 0.6) is 0 Å². The van der Waals surface area contributed by atoms with Crippen molar-refractivity contribution < 1.29 is 0 Å². The third-order valence-corrected chi connectivity index (χ3v) is 5.72. The molecular weight excluding hydrogens is 314 g/mol. The van der Waals surface area contributed by atoms with Crippen molar-refractivity contribution in [2.75, 3.05) is 6.54 Å². The summed E-state index contributed by atoms with van der Waals surface area (Å²) in [6, 6.07) is 33.5. The van der Waals surface area contributed by atoms with Crippen LogP contribution >= 0.6 is 0 Å². The molecule has 0 spiro atoms. The van der Waals surface area contributed by atoms with Crippen LogP contribution in [0, 0.1) is 5.92 Å². The molecule has 3 aromatic carbocycles. The zero-order valence-corrected chi connectivity index (χ0v) is 15.2. The Labute approximate surface area is 157 Å². The van der Waals surface area contributed by atoms with Crippen molar-refractivity contribution in [3.8, 4) is 0 Å². The highest BCUT2D eigenvalue weighted by atomic mass is 14.9. The lowest BCUT2D eigenvalue weighted by Crippen LogP contribution is -2.30. The molecule has 2 atom stereocenters. The van der Waals surface area contributed by atoms with Gasteiger partial charge in [-0.1, -0.05) is 91.0 Å². The molecule has 0 bridgehead atoms. The van der Waals surface area contributed by atoms with E-state index in [1.165, 1.54) is 29.5 Å². The van der Waals surface area contributed by atoms with Gasteiger partial charge in [0.2, 0.25) is 0 Å². The van der Waals surface area contributed by atoms with Gasteiger partial charge in [0.05, 0.1) is 0 Å². The zero-order chi connectivity index (χ0) is 17.6. The van der Waals surface area contributed by atoms with E-state index in [1.54, 1.807) is 0 Å². The van der Waals surface area contributed by atoms with Crippen LogP contribution in [0.25, 0.3) is 0 Å². The molecule has 1 saturated heterocycles. The Morgan fingerprint density at radius 2 is 1.27 bits per heavy atom. The van der Waals surface area contributed by atoms with Gasteiger partial charge in [-0.15, -0.1) is 0 Å². The van der Waals surface area contributed by atoms with Crippen molar-refractivity contribution in [2.45, 2.75) is 31.2 Å². The lowest BCUT2D eigenvalue weighted by molar-refractivity contribution is 0.405. The van der Waals surface area contributed by atoms with Gasteiger partial charge in [-0.05, 0) is 48.4 Å². The van der Waals surface area contributed by atoms with Gasteiger partial charge in [-0.2, -0.15) is 0 Å². The Kier molecular flexibility index (Phi) is 5.47. The summed E-state index contributed by atoms with van der Waals surface area (Å²) in [7, 11) is 0. The monoisotopic (exact) mass is 341 g/mol. The molecule has 0 saturated carbocycles. The van der Waals surface area contributed by atoms with Crippen LogP contribution in [-0.2, 0) is 6.42 Å². The fourth-order valence-electron chi connectivity index (χ4n) is 4.35. The molecule has 0 aliphatic carbocycles. The first kappa shape index (κ1) is 17.1. The standard InChI is InChI=1S/C25H27N/c1-4-10-20(11-5-1)18-23-16-17-26-25(23)19-24(21-12-6-2-7-13-21)22-14-8-3-9-15-22/h1-15,23-26H,16-19H2. The number of rotatable bonds is 6. The molecule has 132 valence electrons. The maximum absolute atomic E-state index is 3.80. The van der Waals surface area contributed by atoms with Crippen molar-refractivity contribution >= 4 is 0 Å². The van der Waals surface area contributed by atoms with Gasteiger partial charge in [0.15, 0.2) is 0 Å². The molecule has 1 aliphatic heterocycles. The summed E-state index contributed by atoms with van der Waals surface area (Å²) in [6.07, 6.45) is 3.61. The average Bonchev–Trinajstić information content (AvgIpc) is 3.15. The molecule has 2 unspecified atom stereocenters. The van der Waals surface area contributed by atoms with E-state index < -0.39 is 0 Å². The van der Waals surface area contributed by atoms with Crippen LogP contribution in [0.2, 0.25) is 0 Å². The van der Waals surface area contributed by atoms with Crippen molar-refractivity contribution in [3.05, 3.63) is 108 Å². The van der Waals surface area contributed by atoms with E-state index >= 15 is 0 Å². The second-order valence-corrected chi connectivity index (χ2v) is 7.41. The van der Waals surface area contributed by atoms with Crippen LogP contribution in [0.15, 0.2) is 91.0 Å². The van der Waals surface area contributed by atoms with Crippen molar-refractivity contribution in [3.63, 3.8) is 0 Å². The smallest absolute Gasteiger partial charge is 0.0108 e. The second kappa shape index (κ2) is 8.33. The molecule has 0 radical (unpaired) electrons. The molecule has 0 amide bonds. The van der Waals surface area contributed by atoms with Gasteiger partial charge in [-0.25, -0.2) is 0 Å². The SMILES string of the molecule is c1ccc(CC2CCNC2CC(c2ccccc2)c2ccccc2)cc1. The van der Waals surface area contributed by atoms with E-state index in [2.05, 4.69) is 96.3 Å². The molecule has 3 aromatic rings. The molecule has 1 N–H and O–H groups in total. The van der Waals surface area contributed by atoms with Crippen molar-refractivity contribution in [1.29, 1.82) is 0 Å². The van der Waals surface area contributed by atoms with Crippen molar-refractivity contribution in [1.82, 2.24) is 5.32 Å². The molecule has 1 nitrogen and oxygen atoms in total. The summed E-state index contributed by atoms with van der Waals surface area (Å²) in [4.78, 5) is 0. The number of nitrogens with one attached hydrogen (secondary N) is 1. The molecular formula is C25H27N. The lowest BCUT2D eigenvalue weighted by Gasteiger charge is -2.26. The van der Waals surface area contributed by atoms with Crippen LogP contribution in [0.1, 0.15) is 35.4 Å². The van der Waals surface area contributed by atoms with Gasteiger partial charge in [0, 0.05) is 12.0 Å². The number of benzene rings is 3. The van der Waals surface area contributed by atoms with Gasteiger partial charge in [-0.3, -0.25) is 0 Å². The highest BCUT2D eigenvalue weighted by Gasteiger charge is 2.30. The minimum atomic E-state index is 0.450. The van der Waals surface area contributed by atoms with Crippen LogP contribution in [0.3, 0.4) is 0 Å². The second-order valence-electron chi connectivity index (χ2n) is 7.41. The quantitative estimate of drug-likeness (QED) is 0.630.